The van der Waals surface area contributed by atoms with Crippen molar-refractivity contribution in [3.8, 4) is 0 Å². The number of benzene rings is 2. The average Bonchev–Trinajstić information content (AvgIpc) is 3.14. The third-order valence-corrected chi connectivity index (χ3v) is 6.73. The molecule has 5 nitrogen and oxygen atoms in total. The second-order valence-corrected chi connectivity index (χ2v) is 8.08. The Kier molecular flexibility index (Phi) is 4.28. The van der Waals surface area contributed by atoms with E-state index in [0.29, 0.717) is 22.0 Å². The molecule has 2 aliphatic rings. The first-order valence-electron chi connectivity index (χ1n) is 8.62. The molecular formula is C20H17ClN2O3S. The molecule has 1 saturated heterocycles. The number of carbonyl (C=O) groups is 3. The van der Waals surface area contributed by atoms with Gasteiger partial charge in [-0.25, -0.2) is 4.90 Å². The molecule has 27 heavy (non-hydrogen) atoms. The van der Waals surface area contributed by atoms with Crippen LogP contribution in [0.5, 0.6) is 0 Å². The molecule has 2 heterocycles. The van der Waals surface area contributed by atoms with Crippen LogP contribution in [0.3, 0.4) is 0 Å². The maximum atomic E-state index is 13.5. The van der Waals surface area contributed by atoms with Gasteiger partial charge in [-0.3, -0.25) is 19.3 Å². The molecular weight excluding hydrogens is 384 g/mol. The van der Waals surface area contributed by atoms with Gasteiger partial charge in [0.15, 0.2) is 0 Å². The molecule has 1 atom stereocenters. The molecule has 7 heteroatoms. The smallest absolute Gasteiger partial charge is 0.275 e. The highest BCUT2D eigenvalue weighted by Gasteiger charge is 2.62. The summed E-state index contributed by atoms with van der Waals surface area (Å²) >= 11 is 7.52. The van der Waals surface area contributed by atoms with Crippen LogP contribution in [-0.2, 0) is 19.3 Å². The Morgan fingerprint density at radius 1 is 1.22 bits per heavy atom. The lowest BCUT2D eigenvalue weighted by Gasteiger charge is -2.33. The summed E-state index contributed by atoms with van der Waals surface area (Å²) in [4.78, 5) is 40.3. The Hall–Kier alpha value is -2.31. The number of carbonyl (C=O) groups excluding carboxylic acids is 3. The summed E-state index contributed by atoms with van der Waals surface area (Å²) in [5.41, 5.74) is 2.63. The van der Waals surface area contributed by atoms with Gasteiger partial charge >= 0.3 is 0 Å². The first-order valence-corrected chi connectivity index (χ1v) is 9.98. The molecule has 0 radical (unpaired) electrons. The number of nitrogens with zero attached hydrogens (tertiary/aromatic N) is 2. The molecule has 0 aromatic heterocycles. The maximum Gasteiger partial charge on any atom is 0.275 e. The molecule has 0 bridgehead atoms. The van der Waals surface area contributed by atoms with E-state index in [1.165, 1.54) is 21.6 Å². The van der Waals surface area contributed by atoms with Crippen molar-refractivity contribution in [1.82, 2.24) is 0 Å². The Morgan fingerprint density at radius 2 is 1.96 bits per heavy atom. The number of rotatable bonds is 2. The second kappa shape index (κ2) is 6.39. The van der Waals surface area contributed by atoms with E-state index < -0.39 is 10.8 Å². The lowest BCUT2D eigenvalue weighted by Crippen LogP contribution is -2.50. The van der Waals surface area contributed by atoms with Gasteiger partial charge in [-0.15, -0.1) is 11.8 Å². The highest BCUT2D eigenvalue weighted by molar-refractivity contribution is 8.02. The molecule has 1 fully saturated rings. The van der Waals surface area contributed by atoms with E-state index in [0.717, 1.165) is 5.56 Å². The van der Waals surface area contributed by atoms with Crippen LogP contribution < -0.4 is 9.80 Å². The maximum absolute atomic E-state index is 13.5. The molecule has 138 valence electrons. The predicted octanol–water partition coefficient (Wildman–Crippen LogP) is 3.86. The zero-order chi connectivity index (χ0) is 19.3. The van der Waals surface area contributed by atoms with Crippen LogP contribution in [0.2, 0.25) is 5.02 Å². The highest BCUT2D eigenvalue weighted by Crippen LogP contribution is 2.55. The molecule has 1 spiro atoms. The lowest BCUT2D eigenvalue weighted by molar-refractivity contribution is -0.128. The van der Waals surface area contributed by atoms with Crippen molar-refractivity contribution in [2.24, 2.45) is 0 Å². The Labute approximate surface area is 166 Å². The van der Waals surface area contributed by atoms with Gasteiger partial charge in [0.25, 0.3) is 5.91 Å². The number of hydrogen-bond donors (Lipinski definition) is 0. The average molecular weight is 401 g/mol. The summed E-state index contributed by atoms with van der Waals surface area (Å²) in [5, 5.41) is 0.521. The molecule has 1 unspecified atom stereocenters. The molecule has 4 rings (SSSR count). The van der Waals surface area contributed by atoms with Crippen LogP contribution in [0.4, 0.5) is 11.4 Å². The monoisotopic (exact) mass is 400 g/mol. The highest BCUT2D eigenvalue weighted by atomic mass is 35.5. The quantitative estimate of drug-likeness (QED) is 0.768. The molecule has 0 aliphatic carbocycles. The van der Waals surface area contributed by atoms with Gasteiger partial charge < -0.3 is 0 Å². The van der Waals surface area contributed by atoms with Crippen LogP contribution in [-0.4, -0.2) is 23.5 Å². The largest absolute Gasteiger partial charge is 0.283 e. The van der Waals surface area contributed by atoms with Crippen molar-refractivity contribution in [1.29, 1.82) is 0 Å². The van der Waals surface area contributed by atoms with E-state index in [4.69, 9.17) is 11.6 Å². The number of thioether (sulfide) groups is 1. The minimum absolute atomic E-state index is 0.153. The third kappa shape index (κ3) is 2.43. The lowest BCUT2D eigenvalue weighted by atomic mass is 10.0. The number of aryl methyl sites for hydroxylation is 1. The van der Waals surface area contributed by atoms with Crippen molar-refractivity contribution in [3.63, 3.8) is 0 Å². The molecule has 2 aromatic carbocycles. The van der Waals surface area contributed by atoms with Crippen molar-refractivity contribution >= 4 is 52.5 Å². The molecule has 3 amide bonds. The molecule has 0 N–H and O–H groups in total. The number of para-hydroxylation sites is 1. The zero-order valence-electron chi connectivity index (χ0n) is 14.9. The van der Waals surface area contributed by atoms with Crippen molar-refractivity contribution < 1.29 is 14.4 Å². The first kappa shape index (κ1) is 18.1. The zero-order valence-corrected chi connectivity index (χ0v) is 16.4. The number of amides is 3. The van der Waals surface area contributed by atoms with E-state index in [2.05, 4.69) is 0 Å². The van der Waals surface area contributed by atoms with Gasteiger partial charge in [0, 0.05) is 22.7 Å². The van der Waals surface area contributed by atoms with Gasteiger partial charge in [-0.1, -0.05) is 42.8 Å². The SMILES string of the molecule is CCC(=O)N1C(=O)C2(SCC(=O)N2c2ccc(C)c(Cl)c2)c2ccccc21. The first-order chi connectivity index (χ1) is 12.9. The summed E-state index contributed by atoms with van der Waals surface area (Å²) in [6.45, 7) is 3.59. The summed E-state index contributed by atoms with van der Waals surface area (Å²) in [5.74, 6) is -0.720. The van der Waals surface area contributed by atoms with Crippen molar-refractivity contribution in [2.75, 3.05) is 15.6 Å². The van der Waals surface area contributed by atoms with Crippen LogP contribution in [0.25, 0.3) is 0 Å². The van der Waals surface area contributed by atoms with Crippen LogP contribution in [0.15, 0.2) is 42.5 Å². The Bertz CT molecular complexity index is 993. The fourth-order valence-electron chi connectivity index (χ4n) is 3.61. The number of imide groups is 1. The second-order valence-electron chi connectivity index (χ2n) is 6.50. The Balaban J connectivity index is 1.95. The fraction of sp³-hybridized carbons (Fsp3) is 0.250. The van der Waals surface area contributed by atoms with E-state index in [1.807, 2.05) is 25.1 Å². The van der Waals surface area contributed by atoms with E-state index in [1.54, 1.807) is 31.2 Å². The minimum atomic E-state index is -1.28. The number of halogens is 1. The summed E-state index contributed by atoms with van der Waals surface area (Å²) in [7, 11) is 0. The fourth-order valence-corrected chi connectivity index (χ4v) is 5.13. The molecule has 2 aliphatic heterocycles. The van der Waals surface area contributed by atoms with Gasteiger partial charge in [0.2, 0.25) is 16.7 Å². The van der Waals surface area contributed by atoms with Crippen LogP contribution in [0, 0.1) is 6.92 Å². The van der Waals surface area contributed by atoms with Gasteiger partial charge in [0.05, 0.1) is 11.4 Å². The standard InChI is InChI=1S/C20H17ClN2O3S/c1-3-17(24)22-16-7-5-4-6-14(16)20(19(22)26)23(18(25)11-27-20)13-9-8-12(2)15(21)10-13/h4-10H,3,11H2,1-2H3. The topological polar surface area (TPSA) is 57.7 Å². The summed E-state index contributed by atoms with van der Waals surface area (Å²) in [6, 6.07) is 12.5. The predicted molar refractivity (Wildman–Crippen MR) is 107 cm³/mol. The summed E-state index contributed by atoms with van der Waals surface area (Å²) < 4.78 is 0. The number of anilines is 2. The van der Waals surface area contributed by atoms with Crippen molar-refractivity contribution in [3.05, 3.63) is 58.6 Å². The number of fused-ring (bicyclic) bond motifs is 2. The Morgan fingerprint density at radius 3 is 2.67 bits per heavy atom. The van der Waals surface area contributed by atoms with Crippen molar-refractivity contribution in [2.45, 2.75) is 25.1 Å². The van der Waals surface area contributed by atoms with E-state index in [9.17, 15) is 14.4 Å². The molecule has 0 saturated carbocycles. The van der Waals surface area contributed by atoms with E-state index >= 15 is 0 Å². The minimum Gasteiger partial charge on any atom is -0.283 e. The van der Waals surface area contributed by atoms with Crippen LogP contribution in [0.1, 0.15) is 24.5 Å². The van der Waals surface area contributed by atoms with Gasteiger partial charge in [-0.2, -0.15) is 0 Å². The summed E-state index contributed by atoms with van der Waals surface area (Å²) in [6.07, 6.45) is 0.200. The van der Waals surface area contributed by atoms with Gasteiger partial charge in [0.1, 0.15) is 0 Å². The van der Waals surface area contributed by atoms with Gasteiger partial charge in [-0.05, 0) is 30.7 Å². The van der Waals surface area contributed by atoms with Crippen LogP contribution >= 0.6 is 23.4 Å². The third-order valence-electron chi connectivity index (χ3n) is 4.94. The van der Waals surface area contributed by atoms with E-state index in [-0.39, 0.29) is 24.0 Å². The molecule has 2 aromatic rings. The number of hydrogen-bond acceptors (Lipinski definition) is 4. The normalized spacial score (nSPS) is 21.3.